The van der Waals surface area contributed by atoms with E-state index in [2.05, 4.69) is 39.7 Å². The molecule has 2 nitrogen and oxygen atoms in total. The highest BCUT2D eigenvalue weighted by atomic mass is 79.9. The van der Waals surface area contributed by atoms with Crippen molar-refractivity contribution in [3.63, 3.8) is 0 Å². The topological polar surface area (TPSA) is 16.1 Å². The first-order chi connectivity index (χ1) is 6.27. The Hall–Kier alpha value is -0.0900. The lowest BCUT2D eigenvalue weighted by atomic mass is 10.3. The zero-order valence-corrected chi connectivity index (χ0v) is 10.5. The third-order valence-electron chi connectivity index (χ3n) is 1.90. The van der Waals surface area contributed by atoms with Crippen LogP contribution in [0.5, 0.6) is 0 Å². The number of hydrogen-bond acceptors (Lipinski definition) is 3. The van der Waals surface area contributed by atoms with Gasteiger partial charge in [-0.25, -0.2) is 4.98 Å². The Balaban J connectivity index is 2.56. The summed E-state index contributed by atoms with van der Waals surface area (Å²) in [6.45, 7) is 6.55. The van der Waals surface area contributed by atoms with Crippen molar-refractivity contribution in [3.8, 4) is 0 Å². The van der Waals surface area contributed by atoms with Gasteiger partial charge in [0, 0.05) is 18.5 Å². The molecule has 0 atom stereocenters. The molecule has 0 spiro atoms. The summed E-state index contributed by atoms with van der Waals surface area (Å²) in [7, 11) is 0. The Kier molecular flexibility index (Phi) is 4.73. The fourth-order valence-corrected chi connectivity index (χ4v) is 2.47. The number of anilines is 1. The third-order valence-corrected chi connectivity index (χ3v) is 3.51. The van der Waals surface area contributed by atoms with Crippen LogP contribution in [0, 0.1) is 0 Å². The van der Waals surface area contributed by atoms with E-state index in [1.54, 1.807) is 11.3 Å². The second kappa shape index (κ2) is 5.60. The fourth-order valence-electron chi connectivity index (χ4n) is 1.13. The van der Waals surface area contributed by atoms with Crippen molar-refractivity contribution in [2.75, 3.05) is 18.0 Å². The van der Waals surface area contributed by atoms with Crippen molar-refractivity contribution in [1.82, 2.24) is 4.98 Å². The number of hydrogen-bond donors (Lipinski definition) is 0. The van der Waals surface area contributed by atoms with Crippen LogP contribution in [0.15, 0.2) is 9.98 Å². The van der Waals surface area contributed by atoms with Gasteiger partial charge in [-0.15, -0.1) is 11.3 Å². The van der Waals surface area contributed by atoms with E-state index in [1.807, 2.05) is 5.38 Å². The average Bonchev–Trinajstić information content (AvgIpc) is 2.54. The number of unbranched alkanes of at least 4 members (excludes halogenated alkanes) is 1. The lowest BCUT2D eigenvalue weighted by Crippen LogP contribution is -2.23. The Morgan fingerprint density at radius 3 is 2.77 bits per heavy atom. The molecule has 1 rings (SSSR count). The van der Waals surface area contributed by atoms with Crippen LogP contribution < -0.4 is 4.90 Å². The Morgan fingerprint density at radius 1 is 1.54 bits per heavy atom. The van der Waals surface area contributed by atoms with Crippen LogP contribution in [-0.2, 0) is 0 Å². The smallest absolute Gasteiger partial charge is 0.186 e. The van der Waals surface area contributed by atoms with E-state index < -0.39 is 0 Å². The van der Waals surface area contributed by atoms with Crippen LogP contribution in [0.25, 0.3) is 0 Å². The van der Waals surface area contributed by atoms with Crippen molar-refractivity contribution < 1.29 is 0 Å². The van der Waals surface area contributed by atoms with Gasteiger partial charge in [0.2, 0.25) is 0 Å². The molecule has 0 radical (unpaired) electrons. The van der Waals surface area contributed by atoms with Gasteiger partial charge >= 0.3 is 0 Å². The molecule has 0 N–H and O–H groups in total. The van der Waals surface area contributed by atoms with Crippen molar-refractivity contribution in [1.29, 1.82) is 0 Å². The maximum atomic E-state index is 4.40. The first-order valence-corrected chi connectivity index (χ1v) is 6.31. The molecule has 0 aliphatic carbocycles. The Morgan fingerprint density at radius 2 is 2.31 bits per heavy atom. The van der Waals surface area contributed by atoms with E-state index in [-0.39, 0.29) is 0 Å². The highest BCUT2D eigenvalue weighted by molar-refractivity contribution is 9.10. The fraction of sp³-hybridized carbons (Fsp3) is 0.667. The summed E-state index contributed by atoms with van der Waals surface area (Å²) in [5.41, 5.74) is 0. The highest BCUT2D eigenvalue weighted by Crippen LogP contribution is 2.23. The molecule has 1 aromatic rings. The zero-order chi connectivity index (χ0) is 9.68. The molecular weight excluding hydrogens is 248 g/mol. The van der Waals surface area contributed by atoms with Gasteiger partial charge < -0.3 is 4.90 Å². The number of aromatic nitrogens is 1. The zero-order valence-electron chi connectivity index (χ0n) is 8.09. The van der Waals surface area contributed by atoms with Gasteiger partial charge in [-0.2, -0.15) is 0 Å². The summed E-state index contributed by atoms with van der Waals surface area (Å²) >= 11 is 5.07. The van der Waals surface area contributed by atoms with Crippen LogP contribution >= 0.6 is 27.3 Å². The molecule has 0 aliphatic heterocycles. The second-order valence-corrected chi connectivity index (χ2v) is 4.54. The Bertz CT molecular complexity index is 250. The van der Waals surface area contributed by atoms with Crippen molar-refractivity contribution >= 4 is 32.4 Å². The molecule has 0 saturated carbocycles. The van der Waals surface area contributed by atoms with E-state index in [4.69, 9.17) is 0 Å². The number of thiazole rings is 1. The minimum Gasteiger partial charge on any atom is -0.348 e. The molecule has 1 aromatic heterocycles. The number of rotatable bonds is 5. The molecule has 74 valence electrons. The first-order valence-electron chi connectivity index (χ1n) is 4.63. The summed E-state index contributed by atoms with van der Waals surface area (Å²) in [4.78, 5) is 6.71. The molecular formula is C9H15BrN2S. The van der Waals surface area contributed by atoms with Gasteiger partial charge in [-0.1, -0.05) is 13.3 Å². The predicted octanol–water partition coefficient (Wildman–Crippen LogP) is 3.53. The van der Waals surface area contributed by atoms with Crippen LogP contribution in [0.4, 0.5) is 5.13 Å². The van der Waals surface area contributed by atoms with E-state index in [0.717, 1.165) is 22.8 Å². The van der Waals surface area contributed by atoms with Crippen LogP contribution in [0.3, 0.4) is 0 Å². The summed E-state index contributed by atoms with van der Waals surface area (Å²) in [5.74, 6) is 0. The van der Waals surface area contributed by atoms with E-state index in [9.17, 15) is 0 Å². The normalized spacial score (nSPS) is 10.4. The third kappa shape index (κ3) is 3.27. The summed E-state index contributed by atoms with van der Waals surface area (Å²) < 4.78 is 0.947. The van der Waals surface area contributed by atoms with Gasteiger partial charge in [0.25, 0.3) is 0 Å². The molecule has 4 heteroatoms. The summed E-state index contributed by atoms with van der Waals surface area (Å²) in [5, 5.41) is 3.16. The molecule has 13 heavy (non-hydrogen) atoms. The maximum absolute atomic E-state index is 4.40. The maximum Gasteiger partial charge on any atom is 0.186 e. The van der Waals surface area contributed by atoms with Crippen LogP contribution in [0.2, 0.25) is 0 Å². The molecule has 0 aliphatic rings. The average molecular weight is 263 g/mol. The van der Waals surface area contributed by atoms with Crippen LogP contribution in [0.1, 0.15) is 26.7 Å². The lowest BCUT2D eigenvalue weighted by Gasteiger charge is -2.18. The minimum atomic E-state index is 0.947. The Labute approximate surface area is 92.1 Å². The molecule has 0 amide bonds. The van der Waals surface area contributed by atoms with Gasteiger partial charge in [0.1, 0.15) is 4.60 Å². The molecule has 0 saturated heterocycles. The van der Waals surface area contributed by atoms with Crippen molar-refractivity contribution in [2.24, 2.45) is 0 Å². The predicted molar refractivity (Wildman–Crippen MR) is 62.6 cm³/mol. The summed E-state index contributed by atoms with van der Waals surface area (Å²) in [6, 6.07) is 0. The largest absolute Gasteiger partial charge is 0.348 e. The second-order valence-electron chi connectivity index (χ2n) is 2.89. The monoisotopic (exact) mass is 262 g/mol. The highest BCUT2D eigenvalue weighted by Gasteiger charge is 2.07. The van der Waals surface area contributed by atoms with Crippen molar-refractivity contribution in [3.05, 3.63) is 9.98 Å². The van der Waals surface area contributed by atoms with Crippen LogP contribution in [-0.4, -0.2) is 18.1 Å². The minimum absolute atomic E-state index is 0.947. The number of halogens is 1. The standard InChI is InChI=1S/C9H15BrN2S/c1-3-5-6-12(4-2)9-11-8(10)7-13-9/h7H,3-6H2,1-2H3. The molecule has 0 bridgehead atoms. The lowest BCUT2D eigenvalue weighted by molar-refractivity contribution is 0.729. The quantitative estimate of drug-likeness (QED) is 0.807. The van der Waals surface area contributed by atoms with Crippen molar-refractivity contribution in [2.45, 2.75) is 26.7 Å². The van der Waals surface area contributed by atoms with Gasteiger partial charge in [0.05, 0.1) is 0 Å². The molecule has 0 unspecified atom stereocenters. The summed E-state index contributed by atoms with van der Waals surface area (Å²) in [6.07, 6.45) is 2.48. The van der Waals surface area contributed by atoms with Gasteiger partial charge in [-0.05, 0) is 29.3 Å². The SMILES string of the molecule is CCCCN(CC)c1nc(Br)cs1. The molecule has 1 heterocycles. The van der Waals surface area contributed by atoms with Gasteiger partial charge in [-0.3, -0.25) is 0 Å². The van der Waals surface area contributed by atoms with Gasteiger partial charge in [0.15, 0.2) is 5.13 Å². The van der Waals surface area contributed by atoms with E-state index in [0.29, 0.717) is 0 Å². The molecule has 0 fully saturated rings. The first kappa shape index (κ1) is 11.0. The molecule has 0 aromatic carbocycles. The van der Waals surface area contributed by atoms with E-state index in [1.165, 1.54) is 12.8 Å². The number of nitrogens with zero attached hydrogens (tertiary/aromatic N) is 2. The van der Waals surface area contributed by atoms with E-state index >= 15 is 0 Å².